The molecule has 0 bridgehead atoms. The molecule has 0 aliphatic rings. The van der Waals surface area contributed by atoms with E-state index in [0.29, 0.717) is 6.42 Å². The first kappa shape index (κ1) is 6.71. The molecule has 0 aliphatic carbocycles. The highest BCUT2D eigenvalue weighted by Gasteiger charge is 1.92. The Morgan fingerprint density at radius 3 is 3.11 bits per heavy atom. The third-order valence-corrected chi connectivity index (χ3v) is 1.86. The topological polar surface area (TPSA) is 32.8 Å². The SMILES string of the molecule is [O]CCCc1nccs1. The summed E-state index contributed by atoms with van der Waals surface area (Å²) < 4.78 is 0. The monoisotopic (exact) mass is 142 g/mol. The van der Waals surface area contributed by atoms with Crippen LogP contribution in [0.1, 0.15) is 11.4 Å². The molecule has 0 aromatic carbocycles. The van der Waals surface area contributed by atoms with Gasteiger partial charge in [-0.15, -0.1) is 11.3 Å². The zero-order chi connectivity index (χ0) is 6.53. The fourth-order valence-corrected chi connectivity index (χ4v) is 1.26. The van der Waals surface area contributed by atoms with Gasteiger partial charge in [0.25, 0.3) is 0 Å². The largest absolute Gasteiger partial charge is 0.250 e. The molecular formula is C6H8NOS. The van der Waals surface area contributed by atoms with Gasteiger partial charge in [-0.05, 0) is 6.42 Å². The second kappa shape index (κ2) is 3.58. The van der Waals surface area contributed by atoms with Crippen LogP contribution in [0.5, 0.6) is 0 Å². The Morgan fingerprint density at radius 1 is 1.67 bits per heavy atom. The van der Waals surface area contributed by atoms with Gasteiger partial charge in [-0.3, -0.25) is 0 Å². The van der Waals surface area contributed by atoms with Crippen LogP contribution < -0.4 is 0 Å². The molecule has 0 spiro atoms. The van der Waals surface area contributed by atoms with E-state index in [4.69, 9.17) is 0 Å². The zero-order valence-electron chi connectivity index (χ0n) is 5.04. The van der Waals surface area contributed by atoms with Crippen LogP contribution in [0.4, 0.5) is 0 Å². The zero-order valence-corrected chi connectivity index (χ0v) is 5.86. The second-order valence-electron chi connectivity index (χ2n) is 1.73. The van der Waals surface area contributed by atoms with E-state index in [1.165, 1.54) is 0 Å². The van der Waals surface area contributed by atoms with Gasteiger partial charge in [0.05, 0.1) is 11.6 Å². The Morgan fingerprint density at radius 2 is 2.56 bits per heavy atom. The predicted octanol–water partition coefficient (Wildman–Crippen LogP) is 1.51. The van der Waals surface area contributed by atoms with Gasteiger partial charge in [-0.25, -0.2) is 10.1 Å². The van der Waals surface area contributed by atoms with Crippen molar-refractivity contribution in [2.24, 2.45) is 0 Å². The van der Waals surface area contributed by atoms with Gasteiger partial charge in [0.1, 0.15) is 0 Å². The van der Waals surface area contributed by atoms with Crippen LogP contribution in [0, 0.1) is 0 Å². The van der Waals surface area contributed by atoms with Crippen LogP contribution in [-0.2, 0) is 11.5 Å². The molecule has 1 aromatic rings. The van der Waals surface area contributed by atoms with E-state index in [-0.39, 0.29) is 6.61 Å². The van der Waals surface area contributed by atoms with Gasteiger partial charge in [0, 0.05) is 18.0 Å². The fraction of sp³-hybridized carbons (Fsp3) is 0.500. The minimum absolute atomic E-state index is 0.0135. The fourth-order valence-electron chi connectivity index (χ4n) is 0.600. The first-order valence-electron chi connectivity index (χ1n) is 2.90. The summed E-state index contributed by atoms with van der Waals surface area (Å²) in [5.74, 6) is 0. The highest BCUT2D eigenvalue weighted by molar-refractivity contribution is 7.09. The number of rotatable bonds is 3. The van der Waals surface area contributed by atoms with Crippen molar-refractivity contribution in [3.63, 3.8) is 0 Å². The molecule has 49 valence electrons. The number of aryl methyl sites for hydroxylation is 1. The predicted molar refractivity (Wildman–Crippen MR) is 36.0 cm³/mol. The molecule has 0 saturated carbocycles. The number of nitrogens with zero attached hydrogens (tertiary/aromatic N) is 1. The molecule has 0 N–H and O–H groups in total. The van der Waals surface area contributed by atoms with Gasteiger partial charge in [0.15, 0.2) is 0 Å². The van der Waals surface area contributed by atoms with Crippen molar-refractivity contribution in [1.82, 2.24) is 4.98 Å². The van der Waals surface area contributed by atoms with Crippen molar-refractivity contribution in [3.05, 3.63) is 16.6 Å². The number of aromatic nitrogens is 1. The first-order chi connectivity index (χ1) is 4.43. The van der Waals surface area contributed by atoms with Crippen molar-refractivity contribution in [3.8, 4) is 0 Å². The molecule has 3 heteroatoms. The maximum absolute atomic E-state index is 10.0. The van der Waals surface area contributed by atoms with Crippen LogP contribution in [-0.4, -0.2) is 11.6 Å². The molecule has 2 nitrogen and oxygen atoms in total. The average molecular weight is 142 g/mol. The molecular weight excluding hydrogens is 134 g/mol. The van der Waals surface area contributed by atoms with Crippen molar-refractivity contribution in [1.29, 1.82) is 0 Å². The van der Waals surface area contributed by atoms with E-state index in [0.717, 1.165) is 11.4 Å². The lowest BCUT2D eigenvalue weighted by molar-refractivity contribution is 0.189. The Hall–Kier alpha value is -0.410. The van der Waals surface area contributed by atoms with Crippen molar-refractivity contribution >= 4 is 11.3 Å². The Labute approximate surface area is 58.2 Å². The van der Waals surface area contributed by atoms with Gasteiger partial charge in [-0.1, -0.05) is 0 Å². The van der Waals surface area contributed by atoms with E-state index in [1.807, 2.05) is 5.38 Å². The van der Waals surface area contributed by atoms with Gasteiger partial charge in [0.2, 0.25) is 0 Å². The molecule has 1 radical (unpaired) electrons. The molecule has 9 heavy (non-hydrogen) atoms. The summed E-state index contributed by atoms with van der Waals surface area (Å²) in [7, 11) is 0. The highest BCUT2D eigenvalue weighted by Crippen LogP contribution is 2.05. The molecule has 0 atom stereocenters. The average Bonchev–Trinajstić information content (AvgIpc) is 2.34. The second-order valence-corrected chi connectivity index (χ2v) is 2.71. The lowest BCUT2D eigenvalue weighted by Crippen LogP contribution is -1.85. The standard InChI is InChI=1S/C6H8NOS/c8-4-1-2-6-7-3-5-9-6/h3,5H,1-2,4H2. The van der Waals surface area contributed by atoms with E-state index in [1.54, 1.807) is 17.5 Å². The molecule has 0 aliphatic heterocycles. The van der Waals surface area contributed by atoms with Crippen molar-refractivity contribution < 1.29 is 5.11 Å². The number of hydrogen-bond acceptors (Lipinski definition) is 2. The third-order valence-electron chi connectivity index (χ3n) is 1.02. The van der Waals surface area contributed by atoms with E-state index >= 15 is 0 Å². The summed E-state index contributed by atoms with van der Waals surface area (Å²) in [5, 5.41) is 13.0. The lowest BCUT2D eigenvalue weighted by atomic mass is 10.3. The summed E-state index contributed by atoms with van der Waals surface area (Å²) in [5.41, 5.74) is 0. The normalized spacial score (nSPS) is 9.89. The highest BCUT2D eigenvalue weighted by atomic mass is 32.1. The van der Waals surface area contributed by atoms with Crippen molar-refractivity contribution in [2.75, 3.05) is 6.61 Å². The quantitative estimate of drug-likeness (QED) is 0.629. The van der Waals surface area contributed by atoms with Crippen molar-refractivity contribution in [2.45, 2.75) is 12.8 Å². The van der Waals surface area contributed by atoms with E-state index in [2.05, 4.69) is 4.98 Å². The van der Waals surface area contributed by atoms with Crippen LogP contribution >= 0.6 is 11.3 Å². The van der Waals surface area contributed by atoms with Crippen LogP contribution in [0.25, 0.3) is 0 Å². The molecule has 1 rings (SSSR count). The van der Waals surface area contributed by atoms with Gasteiger partial charge < -0.3 is 0 Å². The Balaban J connectivity index is 2.30. The molecule has 0 saturated heterocycles. The maximum Gasteiger partial charge on any atom is 0.0925 e. The number of hydrogen-bond donors (Lipinski definition) is 0. The summed E-state index contributed by atoms with van der Waals surface area (Å²) in [6, 6.07) is 0. The maximum atomic E-state index is 10.0. The van der Waals surface area contributed by atoms with E-state index in [9.17, 15) is 5.11 Å². The summed E-state index contributed by atoms with van der Waals surface area (Å²) in [6.07, 6.45) is 3.33. The number of thiazole rings is 1. The minimum atomic E-state index is 0.0135. The molecule has 0 unspecified atom stereocenters. The Kier molecular flexibility index (Phi) is 2.67. The van der Waals surface area contributed by atoms with Crippen LogP contribution in [0.2, 0.25) is 0 Å². The molecule has 0 amide bonds. The molecule has 1 aromatic heterocycles. The third kappa shape index (κ3) is 2.11. The molecule has 1 heterocycles. The first-order valence-corrected chi connectivity index (χ1v) is 3.78. The van der Waals surface area contributed by atoms with Gasteiger partial charge in [-0.2, -0.15) is 0 Å². The van der Waals surface area contributed by atoms with Gasteiger partial charge >= 0.3 is 0 Å². The summed E-state index contributed by atoms with van der Waals surface area (Å²) in [4.78, 5) is 4.03. The summed E-state index contributed by atoms with van der Waals surface area (Å²) >= 11 is 1.61. The molecule has 0 fully saturated rings. The lowest BCUT2D eigenvalue weighted by Gasteiger charge is -1.87. The van der Waals surface area contributed by atoms with Crippen LogP contribution in [0.3, 0.4) is 0 Å². The van der Waals surface area contributed by atoms with E-state index < -0.39 is 0 Å². The van der Waals surface area contributed by atoms with Crippen LogP contribution in [0.15, 0.2) is 11.6 Å². The Bertz CT molecular complexity index is 150. The summed E-state index contributed by atoms with van der Waals surface area (Å²) in [6.45, 7) is 0.0135. The minimum Gasteiger partial charge on any atom is -0.250 e. The smallest absolute Gasteiger partial charge is 0.0925 e.